The molecular weight excluding hydrogens is 401 g/mol. The normalized spacial score (nSPS) is 18.2. The molecule has 0 aromatic rings. The molecule has 0 radical (unpaired) electrons. The fourth-order valence-corrected chi connectivity index (χ4v) is 3.18. The topological polar surface area (TPSA) is 42.9 Å². The van der Waals surface area contributed by atoms with Crippen molar-refractivity contribution >= 4 is 29.9 Å². The van der Waals surface area contributed by atoms with E-state index in [9.17, 15) is 0 Å². The Labute approximate surface area is 160 Å². The first-order chi connectivity index (χ1) is 10.2. The number of rotatable bonds is 6. The number of likely N-dealkylation sites (tertiary alicyclic amines) is 1. The molecule has 0 aromatic heterocycles. The molecule has 1 aliphatic rings. The van der Waals surface area contributed by atoms with Crippen molar-refractivity contribution < 1.29 is 0 Å². The number of halogens is 1. The number of piperidine rings is 1. The summed E-state index contributed by atoms with van der Waals surface area (Å²) in [4.78, 5) is 9.17. The van der Waals surface area contributed by atoms with Crippen molar-refractivity contribution in [3.05, 3.63) is 0 Å². The molecule has 5 nitrogen and oxygen atoms in total. The van der Waals surface area contributed by atoms with Gasteiger partial charge in [-0.3, -0.25) is 4.99 Å². The van der Waals surface area contributed by atoms with Crippen LogP contribution < -0.4 is 10.6 Å². The molecule has 0 unspecified atom stereocenters. The van der Waals surface area contributed by atoms with E-state index in [0.29, 0.717) is 12.1 Å². The zero-order valence-corrected chi connectivity index (χ0v) is 18.5. The monoisotopic (exact) mass is 439 g/mol. The summed E-state index contributed by atoms with van der Waals surface area (Å²) in [7, 11) is 6.10. The van der Waals surface area contributed by atoms with E-state index in [1.54, 1.807) is 0 Å². The van der Waals surface area contributed by atoms with Crippen molar-refractivity contribution in [3.63, 3.8) is 0 Å². The van der Waals surface area contributed by atoms with Gasteiger partial charge in [0.25, 0.3) is 0 Å². The van der Waals surface area contributed by atoms with Gasteiger partial charge in [0.05, 0.1) is 0 Å². The van der Waals surface area contributed by atoms with Crippen molar-refractivity contribution in [1.82, 2.24) is 20.4 Å². The molecule has 1 aliphatic heterocycles. The first-order valence-corrected chi connectivity index (χ1v) is 8.59. The van der Waals surface area contributed by atoms with Gasteiger partial charge in [-0.1, -0.05) is 13.8 Å². The molecule has 0 amide bonds. The van der Waals surface area contributed by atoms with E-state index in [1.807, 2.05) is 7.05 Å². The number of nitrogens with zero attached hydrogens (tertiary/aromatic N) is 3. The van der Waals surface area contributed by atoms with Crippen LogP contribution in [0.4, 0.5) is 0 Å². The minimum atomic E-state index is 0. The number of nitrogens with one attached hydrogen (secondary N) is 2. The summed E-state index contributed by atoms with van der Waals surface area (Å²) in [5.74, 6) is 0.940. The van der Waals surface area contributed by atoms with Gasteiger partial charge in [-0.2, -0.15) is 0 Å². The molecule has 6 heteroatoms. The SMILES string of the molecule is CN=C(NCC(C)(C)CN(C)C)NC1CCN(C(C)C)CC1.I. The molecule has 0 atom stereocenters. The quantitative estimate of drug-likeness (QED) is 0.379. The van der Waals surface area contributed by atoms with Crippen LogP contribution in [0.1, 0.15) is 40.5 Å². The Kier molecular flexibility index (Phi) is 10.7. The van der Waals surface area contributed by atoms with Crippen LogP contribution in [0, 0.1) is 5.41 Å². The highest BCUT2D eigenvalue weighted by molar-refractivity contribution is 14.0. The van der Waals surface area contributed by atoms with Crippen LogP contribution in [-0.4, -0.2) is 75.2 Å². The smallest absolute Gasteiger partial charge is 0.191 e. The van der Waals surface area contributed by atoms with E-state index in [0.717, 1.165) is 19.0 Å². The van der Waals surface area contributed by atoms with Crippen LogP contribution in [-0.2, 0) is 0 Å². The summed E-state index contributed by atoms with van der Waals surface area (Å²) in [5.41, 5.74) is 0.224. The second-order valence-electron chi connectivity index (χ2n) is 7.88. The molecule has 1 rings (SSSR count). The molecule has 0 aromatic carbocycles. The van der Waals surface area contributed by atoms with Gasteiger partial charge in [0.2, 0.25) is 0 Å². The summed E-state index contributed by atoms with van der Waals surface area (Å²) in [6.07, 6.45) is 2.39. The Hall–Kier alpha value is -0.0800. The predicted molar refractivity (Wildman–Crippen MR) is 112 cm³/mol. The van der Waals surface area contributed by atoms with Crippen LogP contribution in [0.3, 0.4) is 0 Å². The van der Waals surface area contributed by atoms with Gasteiger partial charge in [-0.25, -0.2) is 0 Å². The largest absolute Gasteiger partial charge is 0.356 e. The molecule has 2 N–H and O–H groups in total. The minimum absolute atomic E-state index is 0. The van der Waals surface area contributed by atoms with Gasteiger partial charge in [0, 0.05) is 45.3 Å². The molecule has 0 bridgehead atoms. The van der Waals surface area contributed by atoms with Crippen LogP contribution in [0.5, 0.6) is 0 Å². The van der Waals surface area contributed by atoms with Gasteiger partial charge < -0.3 is 20.4 Å². The third-order valence-corrected chi connectivity index (χ3v) is 4.30. The van der Waals surface area contributed by atoms with E-state index in [2.05, 4.69) is 67.2 Å². The van der Waals surface area contributed by atoms with Gasteiger partial charge in [-0.05, 0) is 46.2 Å². The van der Waals surface area contributed by atoms with E-state index in [1.165, 1.54) is 25.9 Å². The second-order valence-corrected chi connectivity index (χ2v) is 7.88. The fraction of sp³-hybridized carbons (Fsp3) is 0.941. The summed E-state index contributed by atoms with van der Waals surface area (Å²) in [6.45, 7) is 13.5. The second kappa shape index (κ2) is 10.7. The highest BCUT2D eigenvalue weighted by atomic mass is 127. The summed E-state index contributed by atoms with van der Waals surface area (Å²) < 4.78 is 0. The zero-order valence-electron chi connectivity index (χ0n) is 16.1. The molecule has 23 heavy (non-hydrogen) atoms. The predicted octanol–water partition coefficient (Wildman–Crippen LogP) is 2.23. The summed E-state index contributed by atoms with van der Waals surface area (Å²) in [5, 5.41) is 7.08. The van der Waals surface area contributed by atoms with E-state index < -0.39 is 0 Å². The van der Waals surface area contributed by atoms with Crippen molar-refractivity contribution in [2.24, 2.45) is 10.4 Å². The summed E-state index contributed by atoms with van der Waals surface area (Å²) >= 11 is 0. The summed E-state index contributed by atoms with van der Waals surface area (Å²) in [6, 6.07) is 1.20. The number of aliphatic imine (C=N–C) groups is 1. The lowest BCUT2D eigenvalue weighted by atomic mass is 9.93. The Balaban J connectivity index is 0.00000484. The van der Waals surface area contributed by atoms with Gasteiger partial charge in [0.1, 0.15) is 0 Å². The molecule has 138 valence electrons. The van der Waals surface area contributed by atoms with Crippen LogP contribution >= 0.6 is 24.0 Å². The zero-order chi connectivity index (χ0) is 16.8. The number of hydrogen-bond donors (Lipinski definition) is 2. The molecular formula is C17H38IN5. The maximum absolute atomic E-state index is 4.39. The van der Waals surface area contributed by atoms with Crippen LogP contribution in [0.2, 0.25) is 0 Å². The van der Waals surface area contributed by atoms with Crippen molar-refractivity contribution in [3.8, 4) is 0 Å². The standard InChI is InChI=1S/C17H37N5.HI/c1-14(2)22-10-8-15(9-11-22)20-16(18-5)19-12-17(3,4)13-21(6)7;/h14-15H,8-13H2,1-7H3,(H2,18,19,20);1H. The molecule has 0 saturated carbocycles. The molecule has 1 heterocycles. The van der Waals surface area contributed by atoms with Gasteiger partial charge >= 0.3 is 0 Å². The Bertz CT molecular complexity index is 347. The van der Waals surface area contributed by atoms with Crippen molar-refractivity contribution in [2.45, 2.75) is 52.6 Å². The van der Waals surface area contributed by atoms with Crippen molar-refractivity contribution in [2.75, 3.05) is 47.3 Å². The first-order valence-electron chi connectivity index (χ1n) is 8.59. The highest BCUT2D eigenvalue weighted by Gasteiger charge is 2.23. The van der Waals surface area contributed by atoms with Gasteiger partial charge in [0.15, 0.2) is 5.96 Å². The highest BCUT2D eigenvalue weighted by Crippen LogP contribution is 2.15. The third-order valence-electron chi connectivity index (χ3n) is 4.30. The maximum atomic E-state index is 4.39. The lowest BCUT2D eigenvalue weighted by Crippen LogP contribution is -2.51. The minimum Gasteiger partial charge on any atom is -0.356 e. The molecule has 0 aliphatic carbocycles. The lowest BCUT2D eigenvalue weighted by Gasteiger charge is -2.36. The average Bonchev–Trinajstić information content (AvgIpc) is 2.42. The van der Waals surface area contributed by atoms with E-state index in [-0.39, 0.29) is 29.4 Å². The third kappa shape index (κ3) is 9.10. The van der Waals surface area contributed by atoms with Crippen LogP contribution in [0.25, 0.3) is 0 Å². The average molecular weight is 439 g/mol. The molecule has 0 spiro atoms. The number of hydrogen-bond acceptors (Lipinski definition) is 3. The Morgan fingerprint density at radius 3 is 2.26 bits per heavy atom. The van der Waals surface area contributed by atoms with Gasteiger partial charge in [-0.15, -0.1) is 24.0 Å². The number of guanidine groups is 1. The Morgan fingerprint density at radius 1 is 1.26 bits per heavy atom. The van der Waals surface area contributed by atoms with E-state index in [4.69, 9.17) is 0 Å². The fourth-order valence-electron chi connectivity index (χ4n) is 3.18. The van der Waals surface area contributed by atoms with Crippen molar-refractivity contribution in [1.29, 1.82) is 0 Å². The van der Waals surface area contributed by atoms with E-state index >= 15 is 0 Å². The Morgan fingerprint density at radius 2 is 1.83 bits per heavy atom. The maximum Gasteiger partial charge on any atom is 0.191 e. The first kappa shape index (κ1) is 22.9. The van der Waals surface area contributed by atoms with Crippen LogP contribution in [0.15, 0.2) is 4.99 Å². The lowest BCUT2D eigenvalue weighted by molar-refractivity contribution is 0.167. The molecule has 1 saturated heterocycles. The molecule has 1 fully saturated rings.